The maximum absolute atomic E-state index is 15.2. The number of nitrogens with one attached hydrogen (secondary N) is 1. The van der Waals surface area contributed by atoms with Gasteiger partial charge in [0.2, 0.25) is 0 Å². The molecule has 4 aromatic rings. The second-order valence-electron chi connectivity index (χ2n) is 8.96. The van der Waals surface area contributed by atoms with E-state index in [9.17, 15) is 31.1 Å². The van der Waals surface area contributed by atoms with E-state index in [2.05, 4.69) is 10.1 Å². The molecule has 0 saturated heterocycles. The Kier molecular flexibility index (Phi) is 8.55. The van der Waals surface area contributed by atoms with Crippen molar-refractivity contribution in [3.8, 4) is 11.5 Å². The van der Waals surface area contributed by atoms with Crippen molar-refractivity contribution in [1.29, 1.82) is 0 Å². The lowest BCUT2D eigenvalue weighted by atomic mass is 9.77. The average molecular weight is 577 g/mol. The number of hydrogen-bond acceptors (Lipinski definition) is 3. The first-order valence-corrected chi connectivity index (χ1v) is 12.1. The molecule has 4 nitrogen and oxygen atoms in total. The standard InChI is InChI=1S/C30H22F7NO3/c1-40-25-16-20(12-15-23(25)32)29(17-18-6-3-2-4-7-18,38-27(39)19-10-13-21(31)14-11-19)22-8-5-9-24(33)26(22)41-30(36,37)28(34)35/h2-16,28H,17H2,1H3,(H,38,39)/t29-/m0/s1. The van der Waals surface area contributed by atoms with E-state index in [4.69, 9.17) is 4.74 Å². The van der Waals surface area contributed by atoms with Crippen molar-refractivity contribution in [3.05, 3.63) is 131 Å². The molecule has 214 valence electrons. The lowest BCUT2D eigenvalue weighted by Gasteiger charge is -2.38. The van der Waals surface area contributed by atoms with E-state index >= 15 is 4.39 Å². The largest absolute Gasteiger partial charge is 0.494 e. The zero-order chi connectivity index (χ0) is 29.8. The Morgan fingerprint density at radius 3 is 2.17 bits per heavy atom. The molecule has 0 saturated carbocycles. The summed E-state index contributed by atoms with van der Waals surface area (Å²) in [6.07, 6.45) is -9.72. The molecule has 11 heteroatoms. The minimum Gasteiger partial charge on any atom is -0.494 e. The highest BCUT2D eigenvalue weighted by Crippen LogP contribution is 2.43. The third-order valence-electron chi connectivity index (χ3n) is 6.31. The van der Waals surface area contributed by atoms with Crippen LogP contribution in [-0.2, 0) is 12.0 Å². The van der Waals surface area contributed by atoms with E-state index in [0.29, 0.717) is 5.56 Å². The minimum atomic E-state index is -5.11. The molecule has 1 amide bonds. The van der Waals surface area contributed by atoms with Crippen molar-refractivity contribution < 1.29 is 45.0 Å². The summed E-state index contributed by atoms with van der Waals surface area (Å²) >= 11 is 0. The fourth-order valence-electron chi connectivity index (χ4n) is 4.36. The van der Waals surface area contributed by atoms with Gasteiger partial charge in [-0.2, -0.15) is 17.6 Å². The molecule has 4 rings (SSSR count). The van der Waals surface area contributed by atoms with E-state index in [1.54, 1.807) is 30.3 Å². The van der Waals surface area contributed by atoms with Crippen LogP contribution in [0.4, 0.5) is 30.7 Å². The predicted octanol–water partition coefficient (Wildman–Crippen LogP) is 7.27. The highest BCUT2D eigenvalue weighted by molar-refractivity contribution is 5.95. The van der Waals surface area contributed by atoms with Gasteiger partial charge >= 0.3 is 12.5 Å². The van der Waals surface area contributed by atoms with Gasteiger partial charge in [-0.25, -0.2) is 13.2 Å². The van der Waals surface area contributed by atoms with Crippen LogP contribution in [0.5, 0.6) is 11.5 Å². The summed E-state index contributed by atoms with van der Waals surface area (Å²) in [5.74, 6) is -5.33. The van der Waals surface area contributed by atoms with Crippen molar-refractivity contribution in [3.63, 3.8) is 0 Å². The molecule has 1 N–H and O–H groups in total. The number of hydrogen-bond donors (Lipinski definition) is 1. The first-order chi connectivity index (χ1) is 19.5. The van der Waals surface area contributed by atoms with E-state index < -0.39 is 52.7 Å². The van der Waals surface area contributed by atoms with Gasteiger partial charge in [-0.3, -0.25) is 4.79 Å². The van der Waals surface area contributed by atoms with Gasteiger partial charge < -0.3 is 14.8 Å². The number of methoxy groups -OCH3 is 1. The zero-order valence-corrected chi connectivity index (χ0v) is 21.3. The Hall–Kier alpha value is -4.54. The zero-order valence-electron chi connectivity index (χ0n) is 21.3. The molecule has 0 fully saturated rings. The molecule has 4 aromatic carbocycles. The van der Waals surface area contributed by atoms with Gasteiger partial charge in [-0.05, 0) is 53.6 Å². The lowest BCUT2D eigenvalue weighted by Crippen LogP contribution is -2.49. The monoisotopic (exact) mass is 577 g/mol. The van der Waals surface area contributed by atoms with Gasteiger partial charge in [0.1, 0.15) is 5.82 Å². The predicted molar refractivity (Wildman–Crippen MR) is 136 cm³/mol. The number of rotatable bonds is 10. The second-order valence-corrected chi connectivity index (χ2v) is 8.96. The maximum Gasteiger partial charge on any atom is 0.461 e. The molecule has 0 radical (unpaired) electrons. The molecule has 0 heterocycles. The van der Waals surface area contributed by atoms with E-state index in [-0.39, 0.29) is 23.3 Å². The van der Waals surface area contributed by atoms with Crippen LogP contribution in [0.15, 0.2) is 91.0 Å². The smallest absolute Gasteiger partial charge is 0.461 e. The minimum absolute atomic E-state index is 0.00544. The number of halogens is 7. The highest BCUT2D eigenvalue weighted by atomic mass is 19.3. The first kappa shape index (κ1) is 29.4. The number of amides is 1. The molecule has 1 atom stereocenters. The summed E-state index contributed by atoms with van der Waals surface area (Å²) in [6.45, 7) is 0. The van der Waals surface area contributed by atoms with Gasteiger partial charge in [0.25, 0.3) is 5.91 Å². The summed E-state index contributed by atoms with van der Waals surface area (Å²) in [5.41, 5.74) is -2.12. The summed E-state index contributed by atoms with van der Waals surface area (Å²) in [5, 5.41) is 2.68. The second kappa shape index (κ2) is 11.9. The maximum atomic E-state index is 15.2. The van der Waals surface area contributed by atoms with E-state index in [1.807, 2.05) is 0 Å². The lowest BCUT2D eigenvalue weighted by molar-refractivity contribution is -0.254. The number of benzene rings is 4. The first-order valence-electron chi connectivity index (χ1n) is 12.1. The number of carbonyl (C=O) groups excluding carboxylic acids is 1. The van der Waals surface area contributed by atoms with Gasteiger partial charge in [-0.15, -0.1) is 0 Å². The molecule has 0 aliphatic heterocycles. The van der Waals surface area contributed by atoms with Crippen LogP contribution in [-0.4, -0.2) is 25.6 Å². The van der Waals surface area contributed by atoms with E-state index in [0.717, 1.165) is 61.7 Å². The molecule has 0 aliphatic rings. The van der Waals surface area contributed by atoms with E-state index in [1.165, 1.54) is 6.07 Å². The number of ether oxygens (including phenoxy) is 2. The molecule has 0 bridgehead atoms. The van der Waals surface area contributed by atoms with Gasteiger partial charge in [0.15, 0.2) is 23.1 Å². The average Bonchev–Trinajstić information content (AvgIpc) is 2.94. The SMILES string of the molecule is COc1cc([C@](Cc2ccccc2)(NC(=O)c2ccc(F)cc2)c2cccc(F)c2OC(F)(F)C(F)F)ccc1F. The van der Waals surface area contributed by atoms with Crippen molar-refractivity contribution in [2.24, 2.45) is 0 Å². The van der Waals surface area contributed by atoms with Crippen LogP contribution in [0.25, 0.3) is 0 Å². The van der Waals surface area contributed by atoms with Crippen LogP contribution in [0.2, 0.25) is 0 Å². The molecule has 0 unspecified atom stereocenters. The third-order valence-corrected chi connectivity index (χ3v) is 6.31. The third kappa shape index (κ3) is 6.29. The summed E-state index contributed by atoms with van der Waals surface area (Å²) < 4.78 is 107. The van der Waals surface area contributed by atoms with Crippen LogP contribution in [0.1, 0.15) is 27.0 Å². The van der Waals surface area contributed by atoms with Gasteiger partial charge in [-0.1, -0.05) is 48.5 Å². The summed E-state index contributed by atoms with van der Waals surface area (Å²) in [6, 6.07) is 18.8. The number of para-hydroxylation sites is 1. The van der Waals surface area contributed by atoms with Crippen molar-refractivity contribution in [1.82, 2.24) is 5.32 Å². The quantitative estimate of drug-likeness (QED) is 0.202. The van der Waals surface area contributed by atoms with Crippen LogP contribution >= 0.6 is 0 Å². The Labute approximate surface area is 230 Å². The fourth-order valence-corrected chi connectivity index (χ4v) is 4.36. The molecule has 41 heavy (non-hydrogen) atoms. The van der Waals surface area contributed by atoms with Crippen LogP contribution in [0.3, 0.4) is 0 Å². The highest BCUT2D eigenvalue weighted by Gasteiger charge is 2.47. The number of carbonyl (C=O) groups is 1. The summed E-state index contributed by atoms with van der Waals surface area (Å²) in [4.78, 5) is 13.6. The summed E-state index contributed by atoms with van der Waals surface area (Å²) in [7, 11) is 1.16. The topological polar surface area (TPSA) is 47.6 Å². The Morgan fingerprint density at radius 1 is 0.854 bits per heavy atom. The van der Waals surface area contributed by atoms with Crippen molar-refractivity contribution in [2.45, 2.75) is 24.5 Å². The Morgan fingerprint density at radius 2 is 1.54 bits per heavy atom. The Balaban J connectivity index is 2.04. The fraction of sp³-hybridized carbons (Fsp3) is 0.167. The van der Waals surface area contributed by atoms with Crippen LogP contribution in [0, 0.1) is 17.5 Å². The van der Waals surface area contributed by atoms with Crippen molar-refractivity contribution >= 4 is 5.91 Å². The molecule has 0 spiro atoms. The van der Waals surface area contributed by atoms with Gasteiger partial charge in [0, 0.05) is 17.5 Å². The number of alkyl halides is 4. The van der Waals surface area contributed by atoms with Crippen LogP contribution < -0.4 is 14.8 Å². The Bertz CT molecular complexity index is 1510. The molecular weight excluding hydrogens is 555 g/mol. The van der Waals surface area contributed by atoms with Gasteiger partial charge in [0.05, 0.1) is 12.6 Å². The van der Waals surface area contributed by atoms with Crippen molar-refractivity contribution in [2.75, 3.05) is 7.11 Å². The normalized spacial score (nSPS) is 13.0. The molecular formula is C30H22F7NO3. The molecule has 0 aromatic heterocycles. The molecule has 0 aliphatic carbocycles.